The molecule has 3 aliphatic rings. The molecule has 5 heteroatoms. The number of hydrogen-bond acceptors (Lipinski definition) is 5. The summed E-state index contributed by atoms with van der Waals surface area (Å²) in [6, 6.07) is 0.579. The van der Waals surface area contributed by atoms with Crippen molar-refractivity contribution in [2.24, 2.45) is 11.3 Å². The Labute approximate surface area is 166 Å². The zero-order chi connectivity index (χ0) is 19.6. The zero-order valence-corrected chi connectivity index (χ0v) is 18.1. The Balaban J connectivity index is 1.60. The summed E-state index contributed by atoms with van der Waals surface area (Å²) in [5.74, 6) is 0.548. The molecule has 3 saturated heterocycles. The minimum atomic E-state index is 0.193. The Bertz CT molecular complexity index is 525. The van der Waals surface area contributed by atoms with Crippen LogP contribution in [-0.2, 0) is 0 Å². The molecule has 2 N–H and O–H groups in total. The number of hydrogen-bond donors (Lipinski definition) is 2. The van der Waals surface area contributed by atoms with Gasteiger partial charge in [0, 0.05) is 49.5 Å². The Morgan fingerprint density at radius 2 is 1.78 bits per heavy atom. The first-order chi connectivity index (χ1) is 12.8. The highest BCUT2D eigenvalue weighted by Crippen LogP contribution is 2.39. The fourth-order valence-electron chi connectivity index (χ4n) is 5.50. The third-order valence-electron chi connectivity index (χ3n) is 6.64. The summed E-state index contributed by atoms with van der Waals surface area (Å²) in [7, 11) is 2.24. The van der Waals surface area contributed by atoms with E-state index < -0.39 is 0 Å². The summed E-state index contributed by atoms with van der Waals surface area (Å²) in [5.41, 5.74) is 6.26. The normalized spacial score (nSPS) is 25.9. The fraction of sp³-hybridized carbons (Fsp3) is 0.818. The third kappa shape index (κ3) is 4.69. The van der Waals surface area contributed by atoms with Crippen LogP contribution < -0.4 is 10.7 Å². The van der Waals surface area contributed by atoms with E-state index in [1.807, 2.05) is 0 Å². The quantitative estimate of drug-likeness (QED) is 0.715. The van der Waals surface area contributed by atoms with Crippen molar-refractivity contribution < 1.29 is 0 Å². The molecule has 3 fully saturated rings. The highest BCUT2D eigenvalue weighted by molar-refractivity contribution is 5.14. The van der Waals surface area contributed by atoms with Gasteiger partial charge in [-0.15, -0.1) is 0 Å². The molecular weight excluding hydrogens is 334 g/mol. The van der Waals surface area contributed by atoms with Gasteiger partial charge in [-0.3, -0.25) is 4.90 Å². The van der Waals surface area contributed by atoms with Gasteiger partial charge in [0.1, 0.15) is 0 Å². The first-order valence-corrected chi connectivity index (χ1v) is 10.9. The van der Waals surface area contributed by atoms with Gasteiger partial charge in [-0.2, -0.15) is 0 Å². The minimum absolute atomic E-state index is 0.193. The molecule has 27 heavy (non-hydrogen) atoms. The van der Waals surface area contributed by atoms with Crippen molar-refractivity contribution in [3.05, 3.63) is 24.6 Å². The number of piperidine rings is 1. The third-order valence-corrected chi connectivity index (χ3v) is 6.64. The lowest BCUT2D eigenvalue weighted by atomic mass is 9.73. The first kappa shape index (κ1) is 20.7. The molecule has 3 rings (SSSR count). The maximum atomic E-state index is 4.48. The second kappa shape index (κ2) is 8.54. The van der Waals surface area contributed by atoms with Gasteiger partial charge in [0.05, 0.1) is 12.1 Å². The van der Waals surface area contributed by atoms with E-state index >= 15 is 0 Å². The van der Waals surface area contributed by atoms with Crippen molar-refractivity contribution >= 4 is 0 Å². The van der Waals surface area contributed by atoms with Crippen molar-refractivity contribution in [1.82, 2.24) is 25.6 Å². The topological polar surface area (TPSA) is 33.8 Å². The molecule has 3 heterocycles. The Morgan fingerprint density at radius 1 is 1.04 bits per heavy atom. The molecule has 0 aromatic carbocycles. The zero-order valence-electron chi connectivity index (χ0n) is 18.1. The average Bonchev–Trinajstić information content (AvgIpc) is 2.60. The molecule has 5 nitrogen and oxygen atoms in total. The molecule has 2 unspecified atom stereocenters. The van der Waals surface area contributed by atoms with Crippen LogP contribution in [0.25, 0.3) is 0 Å². The summed E-state index contributed by atoms with van der Waals surface area (Å²) in [4.78, 5) is 5.16. The largest absolute Gasteiger partial charge is 0.379 e. The minimum Gasteiger partial charge on any atom is -0.379 e. The van der Waals surface area contributed by atoms with Crippen molar-refractivity contribution in [3.63, 3.8) is 0 Å². The van der Waals surface area contributed by atoms with Crippen molar-refractivity contribution in [2.45, 2.75) is 58.5 Å². The van der Waals surface area contributed by atoms with Crippen molar-refractivity contribution in [3.8, 4) is 0 Å². The van der Waals surface area contributed by atoms with Crippen LogP contribution in [0.3, 0.4) is 0 Å². The van der Waals surface area contributed by atoms with Crippen LogP contribution >= 0.6 is 0 Å². The van der Waals surface area contributed by atoms with E-state index in [0.717, 1.165) is 24.5 Å². The summed E-state index contributed by atoms with van der Waals surface area (Å²) in [6.45, 7) is 22.7. The lowest BCUT2D eigenvalue weighted by Crippen LogP contribution is -2.63. The molecule has 1 spiro atoms. The van der Waals surface area contributed by atoms with E-state index in [1.165, 1.54) is 51.9 Å². The summed E-state index contributed by atoms with van der Waals surface area (Å²) in [5, 5.41) is 5.92. The Hall–Kier alpha value is -1.04. The van der Waals surface area contributed by atoms with Crippen LogP contribution in [0.4, 0.5) is 0 Å². The fourth-order valence-corrected chi connectivity index (χ4v) is 5.50. The standard InChI is InChI=1S/C22H41N5/c1-17(2)21(26-12-9-10-22(16-26)14-25(6)15-22)19(4)24-18(3)20(5)27-13-8-7-11-23-27/h17-18,21,23-24H,4-5,7-16H2,1-3,6H3. The molecule has 0 amide bonds. The van der Waals surface area contributed by atoms with E-state index in [1.54, 1.807) is 0 Å². The monoisotopic (exact) mass is 375 g/mol. The van der Waals surface area contributed by atoms with Crippen LogP contribution in [0.5, 0.6) is 0 Å². The van der Waals surface area contributed by atoms with Crippen molar-refractivity contribution in [2.75, 3.05) is 46.3 Å². The van der Waals surface area contributed by atoms with Gasteiger partial charge >= 0.3 is 0 Å². The lowest BCUT2D eigenvalue weighted by molar-refractivity contribution is -0.0532. The van der Waals surface area contributed by atoms with Gasteiger partial charge in [-0.25, -0.2) is 5.43 Å². The summed E-state index contributed by atoms with van der Waals surface area (Å²) in [6.07, 6.45) is 5.18. The van der Waals surface area contributed by atoms with Gasteiger partial charge in [-0.1, -0.05) is 27.0 Å². The SMILES string of the molecule is C=C(NC(C)C(=C)N1CCCCN1)C(C(C)C)N1CCCC2(CN(C)C2)C1. The van der Waals surface area contributed by atoms with E-state index in [9.17, 15) is 0 Å². The Kier molecular flexibility index (Phi) is 6.54. The van der Waals surface area contributed by atoms with Crippen molar-refractivity contribution in [1.29, 1.82) is 0 Å². The van der Waals surface area contributed by atoms with Gasteiger partial charge in [-0.05, 0) is 52.1 Å². The van der Waals surface area contributed by atoms with E-state index in [-0.39, 0.29) is 6.04 Å². The van der Waals surface area contributed by atoms with Crippen LogP contribution in [0.2, 0.25) is 0 Å². The van der Waals surface area contributed by atoms with E-state index in [4.69, 9.17) is 0 Å². The number of likely N-dealkylation sites (tertiary alicyclic amines) is 2. The second-order valence-corrected chi connectivity index (χ2v) is 9.58. The van der Waals surface area contributed by atoms with E-state index in [0.29, 0.717) is 17.4 Å². The highest BCUT2D eigenvalue weighted by atomic mass is 15.5. The van der Waals surface area contributed by atoms with Gasteiger partial charge in [0.15, 0.2) is 0 Å². The van der Waals surface area contributed by atoms with Crippen LogP contribution in [0.15, 0.2) is 24.6 Å². The number of rotatable bonds is 7. The predicted molar refractivity (Wildman–Crippen MR) is 114 cm³/mol. The molecule has 0 radical (unpaired) electrons. The van der Waals surface area contributed by atoms with Gasteiger partial charge in [0.25, 0.3) is 0 Å². The van der Waals surface area contributed by atoms with Crippen LogP contribution in [-0.4, -0.2) is 73.2 Å². The molecular formula is C22H41N5. The van der Waals surface area contributed by atoms with Crippen LogP contribution in [0, 0.1) is 11.3 Å². The summed E-state index contributed by atoms with van der Waals surface area (Å²) < 4.78 is 0. The Morgan fingerprint density at radius 3 is 2.37 bits per heavy atom. The first-order valence-electron chi connectivity index (χ1n) is 10.9. The number of hydrazine groups is 1. The molecule has 0 saturated carbocycles. The smallest absolute Gasteiger partial charge is 0.0639 e. The molecule has 0 aromatic rings. The molecule has 0 bridgehead atoms. The van der Waals surface area contributed by atoms with Gasteiger partial charge < -0.3 is 15.2 Å². The maximum absolute atomic E-state index is 4.48. The van der Waals surface area contributed by atoms with Crippen LogP contribution in [0.1, 0.15) is 46.5 Å². The molecule has 0 aromatic heterocycles. The lowest BCUT2D eigenvalue weighted by Gasteiger charge is -2.55. The molecule has 154 valence electrons. The second-order valence-electron chi connectivity index (χ2n) is 9.58. The highest BCUT2D eigenvalue weighted by Gasteiger charge is 2.45. The van der Waals surface area contributed by atoms with E-state index in [2.05, 4.69) is 66.5 Å². The summed E-state index contributed by atoms with van der Waals surface area (Å²) >= 11 is 0. The molecule has 0 aliphatic carbocycles. The average molecular weight is 376 g/mol. The van der Waals surface area contributed by atoms with Gasteiger partial charge in [0.2, 0.25) is 0 Å². The number of nitrogens with one attached hydrogen (secondary N) is 2. The number of nitrogens with zero attached hydrogens (tertiary/aromatic N) is 3. The molecule has 2 atom stereocenters. The molecule has 3 aliphatic heterocycles. The predicted octanol–water partition coefficient (Wildman–Crippen LogP) is 2.64. The maximum Gasteiger partial charge on any atom is 0.0639 e.